The Bertz CT molecular complexity index is 871. The highest BCUT2D eigenvalue weighted by Gasteiger charge is 2.31. The topological polar surface area (TPSA) is 66.1 Å². The third-order valence-corrected chi connectivity index (χ3v) is 5.21. The van der Waals surface area contributed by atoms with E-state index in [2.05, 4.69) is 9.97 Å². The number of rotatable bonds is 2. The Kier molecular flexibility index (Phi) is 4.11. The number of H-pyrrole nitrogens is 1. The van der Waals surface area contributed by atoms with Gasteiger partial charge in [0, 0.05) is 18.9 Å². The quantitative estimate of drug-likeness (QED) is 0.913. The molecule has 0 radical (unpaired) electrons. The van der Waals surface area contributed by atoms with E-state index in [1.165, 1.54) is 6.07 Å². The van der Waals surface area contributed by atoms with Crippen LogP contribution in [0.2, 0.25) is 0 Å². The fourth-order valence-electron chi connectivity index (χ4n) is 3.82. The molecule has 1 aromatic carbocycles. The van der Waals surface area contributed by atoms with E-state index in [0.717, 1.165) is 25.7 Å². The Hall–Kier alpha value is -2.50. The summed E-state index contributed by atoms with van der Waals surface area (Å²) in [6, 6.07) is 6.25. The summed E-state index contributed by atoms with van der Waals surface area (Å²) in [5.74, 6) is 0.0869. The predicted molar refractivity (Wildman–Crippen MR) is 91.3 cm³/mol. The Morgan fingerprint density at radius 2 is 2.00 bits per heavy atom. The second-order valence-corrected chi connectivity index (χ2v) is 6.81. The van der Waals surface area contributed by atoms with Crippen LogP contribution >= 0.6 is 0 Å². The van der Waals surface area contributed by atoms with Crippen molar-refractivity contribution < 1.29 is 9.18 Å². The molecule has 1 saturated carbocycles. The van der Waals surface area contributed by atoms with Crippen LogP contribution < -0.4 is 5.56 Å². The number of aromatic amines is 1. The minimum absolute atomic E-state index is 0.103. The summed E-state index contributed by atoms with van der Waals surface area (Å²) in [6.07, 6.45) is 4.63. The van der Waals surface area contributed by atoms with Crippen molar-refractivity contribution >= 4 is 5.91 Å². The number of halogens is 1. The van der Waals surface area contributed by atoms with Crippen LogP contribution in [0.25, 0.3) is 11.4 Å². The maximum absolute atomic E-state index is 14.0. The van der Waals surface area contributed by atoms with Gasteiger partial charge in [-0.1, -0.05) is 25.0 Å². The van der Waals surface area contributed by atoms with Gasteiger partial charge in [-0.15, -0.1) is 0 Å². The summed E-state index contributed by atoms with van der Waals surface area (Å²) in [7, 11) is 0. The molecule has 6 heteroatoms. The Labute approximate surface area is 144 Å². The predicted octanol–water partition coefficient (Wildman–Crippen LogP) is 2.65. The molecule has 4 rings (SSSR count). The van der Waals surface area contributed by atoms with Gasteiger partial charge in [-0.05, 0) is 25.0 Å². The molecule has 0 unspecified atom stereocenters. The van der Waals surface area contributed by atoms with Crippen LogP contribution in [0, 0.1) is 11.7 Å². The lowest BCUT2D eigenvalue weighted by atomic mass is 10.0. The van der Waals surface area contributed by atoms with Gasteiger partial charge in [0.15, 0.2) is 0 Å². The summed E-state index contributed by atoms with van der Waals surface area (Å²) in [5.41, 5.74) is 1.19. The molecule has 2 aromatic rings. The minimum atomic E-state index is -0.417. The second kappa shape index (κ2) is 6.43. The lowest BCUT2D eigenvalue weighted by molar-refractivity contribution is -0.136. The lowest BCUT2D eigenvalue weighted by Gasteiger charge is -2.30. The van der Waals surface area contributed by atoms with E-state index in [-0.39, 0.29) is 28.8 Å². The van der Waals surface area contributed by atoms with Gasteiger partial charge in [0.1, 0.15) is 11.6 Å². The second-order valence-electron chi connectivity index (χ2n) is 6.81. The first kappa shape index (κ1) is 16.0. The van der Waals surface area contributed by atoms with Gasteiger partial charge < -0.3 is 9.88 Å². The molecule has 130 valence electrons. The van der Waals surface area contributed by atoms with Gasteiger partial charge in [0.25, 0.3) is 5.56 Å². The highest BCUT2D eigenvalue weighted by atomic mass is 19.1. The maximum Gasteiger partial charge on any atom is 0.256 e. The van der Waals surface area contributed by atoms with Gasteiger partial charge in [0.2, 0.25) is 5.91 Å². The van der Waals surface area contributed by atoms with Crippen molar-refractivity contribution in [3.05, 3.63) is 51.7 Å². The fraction of sp³-hybridized carbons (Fsp3) is 0.421. The average molecular weight is 341 g/mol. The number of carbonyl (C=O) groups is 1. The zero-order valence-corrected chi connectivity index (χ0v) is 13.9. The van der Waals surface area contributed by atoms with Crippen LogP contribution in [0.3, 0.4) is 0 Å². The molecular formula is C19H20FN3O2. The largest absolute Gasteiger partial charge is 0.337 e. The summed E-state index contributed by atoms with van der Waals surface area (Å²) in [6.45, 7) is 0.861. The van der Waals surface area contributed by atoms with Gasteiger partial charge >= 0.3 is 0 Å². The normalized spacial score (nSPS) is 17.6. The molecule has 5 nitrogen and oxygen atoms in total. The highest BCUT2D eigenvalue weighted by molar-refractivity contribution is 5.79. The van der Waals surface area contributed by atoms with Crippen LogP contribution in [0.1, 0.15) is 36.9 Å². The first-order valence-corrected chi connectivity index (χ1v) is 8.79. The van der Waals surface area contributed by atoms with Gasteiger partial charge in [-0.25, -0.2) is 9.37 Å². The summed E-state index contributed by atoms with van der Waals surface area (Å²) < 4.78 is 14.0. The molecular weight excluding hydrogens is 321 g/mol. The third kappa shape index (κ3) is 2.97. The summed E-state index contributed by atoms with van der Waals surface area (Å²) in [5, 5.41) is 0. The van der Waals surface area contributed by atoms with Crippen molar-refractivity contribution in [3.63, 3.8) is 0 Å². The maximum atomic E-state index is 14.0. The number of hydrogen-bond acceptors (Lipinski definition) is 3. The van der Waals surface area contributed by atoms with Crippen LogP contribution in [0.15, 0.2) is 29.1 Å². The van der Waals surface area contributed by atoms with Gasteiger partial charge in [0.05, 0.1) is 23.4 Å². The van der Waals surface area contributed by atoms with E-state index in [0.29, 0.717) is 30.8 Å². The number of nitrogens with zero attached hydrogens (tertiary/aromatic N) is 2. The zero-order valence-electron chi connectivity index (χ0n) is 13.9. The Morgan fingerprint density at radius 3 is 2.76 bits per heavy atom. The van der Waals surface area contributed by atoms with E-state index in [1.54, 1.807) is 23.1 Å². The SMILES string of the molecule is O=C(C1CCCC1)N1CCc2nc(-c3ccccc3F)[nH]c(=O)c2C1. The minimum Gasteiger partial charge on any atom is -0.337 e. The van der Waals surface area contributed by atoms with Crippen LogP contribution in [0.4, 0.5) is 4.39 Å². The number of benzene rings is 1. The molecule has 1 N–H and O–H groups in total. The smallest absolute Gasteiger partial charge is 0.256 e. The van der Waals surface area contributed by atoms with Crippen LogP contribution in [-0.4, -0.2) is 27.3 Å². The fourth-order valence-corrected chi connectivity index (χ4v) is 3.82. The highest BCUT2D eigenvalue weighted by Crippen LogP contribution is 2.28. The average Bonchev–Trinajstić information content (AvgIpc) is 3.16. The Balaban J connectivity index is 1.63. The molecule has 0 bridgehead atoms. The van der Waals surface area contributed by atoms with E-state index in [4.69, 9.17) is 0 Å². The number of hydrogen-bond donors (Lipinski definition) is 1. The molecule has 1 amide bonds. The van der Waals surface area contributed by atoms with Crippen LogP contribution in [-0.2, 0) is 17.8 Å². The van der Waals surface area contributed by atoms with Gasteiger partial charge in [-0.3, -0.25) is 9.59 Å². The molecule has 1 aliphatic carbocycles. The molecule has 1 aliphatic heterocycles. The Morgan fingerprint density at radius 1 is 1.24 bits per heavy atom. The van der Waals surface area contributed by atoms with Crippen molar-refractivity contribution in [3.8, 4) is 11.4 Å². The number of amides is 1. The van der Waals surface area contributed by atoms with Gasteiger partial charge in [-0.2, -0.15) is 0 Å². The zero-order chi connectivity index (χ0) is 17.4. The number of aromatic nitrogens is 2. The molecule has 2 aliphatic rings. The lowest BCUT2D eigenvalue weighted by Crippen LogP contribution is -2.42. The standard InChI is InChI=1S/C19H20FN3O2/c20-15-8-4-3-7-13(15)17-21-16-9-10-23(11-14(16)18(24)22-17)19(25)12-5-1-2-6-12/h3-4,7-8,12H,1-2,5-6,9-11H2,(H,21,22,24). The molecule has 0 atom stereocenters. The number of nitrogens with one attached hydrogen (secondary N) is 1. The molecule has 1 aromatic heterocycles. The van der Waals surface area contributed by atoms with E-state index >= 15 is 0 Å². The monoisotopic (exact) mass is 341 g/mol. The summed E-state index contributed by atoms with van der Waals surface area (Å²) in [4.78, 5) is 34.0. The van der Waals surface area contributed by atoms with E-state index in [1.807, 2.05) is 0 Å². The number of carbonyl (C=O) groups excluding carboxylic acids is 1. The molecule has 1 fully saturated rings. The molecule has 25 heavy (non-hydrogen) atoms. The first-order chi connectivity index (χ1) is 12.1. The van der Waals surface area contributed by atoms with Crippen LogP contribution in [0.5, 0.6) is 0 Å². The van der Waals surface area contributed by atoms with Crippen molar-refractivity contribution in [1.29, 1.82) is 0 Å². The van der Waals surface area contributed by atoms with E-state index in [9.17, 15) is 14.0 Å². The molecule has 0 saturated heterocycles. The molecule has 2 heterocycles. The first-order valence-electron chi connectivity index (χ1n) is 8.79. The number of fused-ring (bicyclic) bond motifs is 1. The summed E-state index contributed by atoms with van der Waals surface area (Å²) >= 11 is 0. The third-order valence-electron chi connectivity index (χ3n) is 5.21. The van der Waals surface area contributed by atoms with E-state index < -0.39 is 5.82 Å². The van der Waals surface area contributed by atoms with Crippen molar-refractivity contribution in [2.45, 2.75) is 38.6 Å². The van der Waals surface area contributed by atoms with Crippen molar-refractivity contribution in [1.82, 2.24) is 14.9 Å². The molecule has 0 spiro atoms. The van der Waals surface area contributed by atoms with Crippen molar-refractivity contribution in [2.75, 3.05) is 6.54 Å². The van der Waals surface area contributed by atoms with Crippen molar-refractivity contribution in [2.24, 2.45) is 5.92 Å².